The van der Waals surface area contributed by atoms with E-state index in [4.69, 9.17) is 20.0 Å². The van der Waals surface area contributed by atoms with Crippen molar-refractivity contribution in [2.24, 2.45) is 0 Å². The van der Waals surface area contributed by atoms with Gasteiger partial charge in [0.1, 0.15) is 11.5 Å². The summed E-state index contributed by atoms with van der Waals surface area (Å²) in [6.45, 7) is 4.04. The van der Waals surface area contributed by atoms with Crippen molar-refractivity contribution in [2.45, 2.75) is 33.1 Å². The van der Waals surface area contributed by atoms with Gasteiger partial charge in [-0.25, -0.2) is 0 Å². The second kappa shape index (κ2) is 7.87. The predicted molar refractivity (Wildman–Crippen MR) is 86.9 cm³/mol. The molecule has 0 spiro atoms. The van der Waals surface area contributed by atoms with E-state index in [2.05, 4.69) is 0 Å². The third-order valence-corrected chi connectivity index (χ3v) is 3.79. The molecule has 0 unspecified atom stereocenters. The smallest absolute Gasteiger partial charge is 0.292 e. The largest absolute Gasteiger partial charge is 0.387 e. The Bertz CT molecular complexity index is 704. The number of hydrogen-bond acceptors (Lipinski definition) is 4. The highest BCUT2D eigenvalue weighted by Gasteiger charge is 2.14. The Hall–Kier alpha value is -2.98. The molecule has 0 aliphatic carbocycles. The van der Waals surface area contributed by atoms with Gasteiger partial charge in [0, 0.05) is 17.5 Å². The minimum atomic E-state index is 0.537. The van der Waals surface area contributed by atoms with Crippen LogP contribution in [0.15, 0.2) is 36.4 Å². The molecule has 23 heavy (non-hydrogen) atoms. The molecular weight excluding hydrogens is 288 g/mol. The van der Waals surface area contributed by atoms with E-state index in [1.807, 2.05) is 50.2 Å². The third-order valence-electron chi connectivity index (χ3n) is 3.79. The Morgan fingerprint density at radius 1 is 0.739 bits per heavy atom. The number of hydrogen-bond donors (Lipinski definition) is 0. The summed E-state index contributed by atoms with van der Waals surface area (Å²) < 4.78 is 10.4. The molecule has 0 aliphatic rings. The average Bonchev–Trinajstić information content (AvgIpc) is 2.58. The second-order valence-electron chi connectivity index (χ2n) is 5.08. The van der Waals surface area contributed by atoms with Crippen LogP contribution in [0.1, 0.15) is 36.1 Å². The zero-order valence-corrected chi connectivity index (χ0v) is 13.3. The van der Waals surface area contributed by atoms with Gasteiger partial charge in [-0.05, 0) is 24.0 Å². The molecule has 4 heteroatoms. The summed E-state index contributed by atoms with van der Waals surface area (Å²) in [7, 11) is 0. The fraction of sp³-hybridized carbons (Fsp3) is 0.263. The summed E-state index contributed by atoms with van der Waals surface area (Å²) in [5.41, 5.74) is 3.78. The van der Waals surface area contributed by atoms with Crippen LogP contribution < -0.4 is 9.47 Å². The second-order valence-corrected chi connectivity index (χ2v) is 5.08. The van der Waals surface area contributed by atoms with Crippen LogP contribution >= 0.6 is 0 Å². The molecule has 0 radical (unpaired) electrons. The Morgan fingerprint density at radius 2 is 1.13 bits per heavy atom. The van der Waals surface area contributed by atoms with E-state index in [-0.39, 0.29) is 0 Å². The maximum Gasteiger partial charge on any atom is 0.292 e. The Morgan fingerprint density at radius 3 is 1.48 bits per heavy atom. The molecule has 0 atom stereocenters. The van der Waals surface area contributed by atoms with E-state index in [1.54, 1.807) is 12.5 Å². The molecule has 0 bridgehead atoms. The van der Waals surface area contributed by atoms with Gasteiger partial charge in [-0.3, -0.25) is 0 Å². The monoisotopic (exact) mass is 306 g/mol. The summed E-state index contributed by atoms with van der Waals surface area (Å²) in [5, 5.41) is 17.8. The lowest BCUT2D eigenvalue weighted by atomic mass is 9.97. The third kappa shape index (κ3) is 3.62. The highest BCUT2D eigenvalue weighted by Crippen LogP contribution is 2.31. The zero-order chi connectivity index (χ0) is 16.7. The quantitative estimate of drug-likeness (QED) is 0.753. The molecule has 0 saturated heterocycles. The van der Waals surface area contributed by atoms with E-state index in [0.717, 1.165) is 35.1 Å². The molecule has 0 N–H and O–H groups in total. The lowest BCUT2D eigenvalue weighted by Gasteiger charge is -2.14. The van der Waals surface area contributed by atoms with E-state index >= 15 is 0 Å². The first-order chi connectivity index (χ1) is 11.2. The maximum atomic E-state index is 8.91. The number of para-hydroxylation sites is 2. The fourth-order valence-electron chi connectivity index (χ4n) is 2.67. The van der Waals surface area contributed by atoms with Crippen LogP contribution in [-0.2, 0) is 19.3 Å². The number of nitriles is 2. The number of rotatable bonds is 6. The van der Waals surface area contributed by atoms with Crippen molar-refractivity contribution < 1.29 is 9.47 Å². The first kappa shape index (κ1) is 16.4. The molecule has 116 valence electrons. The summed E-state index contributed by atoms with van der Waals surface area (Å²) in [4.78, 5) is 0. The van der Waals surface area contributed by atoms with Gasteiger partial charge in [0.15, 0.2) is 0 Å². The summed E-state index contributed by atoms with van der Waals surface area (Å²) >= 11 is 0. The van der Waals surface area contributed by atoms with Crippen LogP contribution in [0.2, 0.25) is 0 Å². The Kier molecular flexibility index (Phi) is 5.61. The van der Waals surface area contributed by atoms with Gasteiger partial charge in [-0.15, -0.1) is 10.5 Å². The van der Waals surface area contributed by atoms with Crippen LogP contribution in [0.3, 0.4) is 0 Å². The normalized spacial score (nSPS) is 9.74. The van der Waals surface area contributed by atoms with E-state index in [1.165, 1.54) is 0 Å². The van der Waals surface area contributed by atoms with Crippen LogP contribution in [0.4, 0.5) is 0 Å². The lowest BCUT2D eigenvalue weighted by Crippen LogP contribution is -2.01. The van der Waals surface area contributed by atoms with Gasteiger partial charge in [0.05, 0.1) is 0 Å². The van der Waals surface area contributed by atoms with E-state index < -0.39 is 0 Å². The minimum absolute atomic E-state index is 0.537. The van der Waals surface area contributed by atoms with E-state index in [0.29, 0.717) is 17.9 Å². The summed E-state index contributed by atoms with van der Waals surface area (Å²) in [6.07, 6.45) is 5.62. The standard InChI is InChI=1S/C19H18N2O2/c1-3-14-7-5-9-16(18(14)22-12-20)11-17-10-6-8-15(4-2)19(17)23-13-21/h5-10H,3-4,11H2,1-2H3. The molecule has 0 saturated carbocycles. The molecule has 4 nitrogen and oxygen atoms in total. The molecule has 2 rings (SSSR count). The first-order valence-corrected chi connectivity index (χ1v) is 7.58. The van der Waals surface area contributed by atoms with Crippen molar-refractivity contribution in [2.75, 3.05) is 0 Å². The van der Waals surface area contributed by atoms with Gasteiger partial charge in [-0.1, -0.05) is 50.2 Å². The van der Waals surface area contributed by atoms with Crippen molar-refractivity contribution in [1.82, 2.24) is 0 Å². The lowest BCUT2D eigenvalue weighted by molar-refractivity contribution is 0.488. The molecule has 0 fully saturated rings. The van der Waals surface area contributed by atoms with Crippen LogP contribution in [0.5, 0.6) is 11.5 Å². The number of aryl methyl sites for hydroxylation is 2. The first-order valence-electron chi connectivity index (χ1n) is 7.58. The van der Waals surface area contributed by atoms with Crippen LogP contribution in [0, 0.1) is 23.0 Å². The molecule has 0 aromatic heterocycles. The van der Waals surface area contributed by atoms with Crippen LogP contribution in [-0.4, -0.2) is 0 Å². The SMILES string of the molecule is CCc1cccc(Cc2cccc(CC)c2OC#N)c1OC#N. The number of nitrogens with zero attached hydrogens (tertiary/aromatic N) is 2. The zero-order valence-electron chi connectivity index (χ0n) is 13.3. The highest BCUT2D eigenvalue weighted by atomic mass is 16.5. The number of benzene rings is 2. The van der Waals surface area contributed by atoms with Crippen LogP contribution in [0.25, 0.3) is 0 Å². The topological polar surface area (TPSA) is 66.0 Å². The van der Waals surface area contributed by atoms with Crippen molar-refractivity contribution in [3.63, 3.8) is 0 Å². The Balaban J connectivity index is 2.48. The van der Waals surface area contributed by atoms with E-state index in [9.17, 15) is 0 Å². The summed E-state index contributed by atoms with van der Waals surface area (Å²) in [6, 6.07) is 11.7. The molecule has 0 heterocycles. The van der Waals surface area contributed by atoms with Gasteiger partial charge in [0.2, 0.25) is 0 Å². The van der Waals surface area contributed by atoms with Crippen molar-refractivity contribution in [3.05, 3.63) is 58.7 Å². The molecular formula is C19H18N2O2. The van der Waals surface area contributed by atoms with Crippen molar-refractivity contribution >= 4 is 0 Å². The van der Waals surface area contributed by atoms with Crippen molar-refractivity contribution in [1.29, 1.82) is 10.5 Å². The summed E-state index contributed by atoms with van der Waals surface area (Å²) in [5.74, 6) is 1.20. The Labute approximate surface area is 136 Å². The van der Waals surface area contributed by atoms with Gasteiger partial charge in [0.25, 0.3) is 12.5 Å². The number of ether oxygens (including phenoxy) is 2. The van der Waals surface area contributed by atoms with Gasteiger partial charge >= 0.3 is 0 Å². The highest BCUT2D eigenvalue weighted by molar-refractivity contribution is 5.49. The fourth-order valence-corrected chi connectivity index (χ4v) is 2.67. The molecule has 2 aromatic carbocycles. The molecule has 2 aromatic rings. The van der Waals surface area contributed by atoms with Gasteiger partial charge in [-0.2, -0.15) is 0 Å². The maximum absolute atomic E-state index is 8.91. The predicted octanol–water partition coefficient (Wildman–Crippen LogP) is 4.12. The molecule has 0 amide bonds. The van der Waals surface area contributed by atoms with Gasteiger partial charge < -0.3 is 9.47 Å². The minimum Gasteiger partial charge on any atom is -0.387 e. The average molecular weight is 306 g/mol. The van der Waals surface area contributed by atoms with Crippen molar-refractivity contribution in [3.8, 4) is 24.0 Å². The molecule has 0 aliphatic heterocycles.